The van der Waals surface area contributed by atoms with Crippen LogP contribution in [0.5, 0.6) is 5.75 Å². The average molecular weight is 424 g/mol. The van der Waals surface area contributed by atoms with Crippen molar-refractivity contribution in [2.45, 2.75) is 19.1 Å². The fourth-order valence-electron chi connectivity index (χ4n) is 3.33. The number of benzene rings is 2. The third kappa shape index (κ3) is 4.52. The summed E-state index contributed by atoms with van der Waals surface area (Å²) in [4.78, 5) is 20.9. The van der Waals surface area contributed by atoms with Crippen LogP contribution in [0.3, 0.4) is 0 Å². The van der Waals surface area contributed by atoms with Crippen LogP contribution in [0.25, 0.3) is 0 Å². The van der Waals surface area contributed by atoms with Crippen LogP contribution in [0.15, 0.2) is 71.2 Å². The Bertz CT molecular complexity index is 1030. The molecule has 0 bridgehead atoms. The van der Waals surface area contributed by atoms with E-state index in [0.29, 0.717) is 23.4 Å². The largest absolute Gasteiger partial charge is 0.497 e. The van der Waals surface area contributed by atoms with Crippen molar-refractivity contribution in [3.63, 3.8) is 0 Å². The van der Waals surface area contributed by atoms with Gasteiger partial charge in [-0.15, -0.1) is 11.3 Å². The molecule has 1 amide bonds. The van der Waals surface area contributed by atoms with Gasteiger partial charge in [-0.2, -0.15) is 0 Å². The number of hydrogen-bond donors (Lipinski definition) is 0. The normalized spacial score (nSPS) is 15.4. The van der Waals surface area contributed by atoms with Crippen LogP contribution in [-0.4, -0.2) is 36.3 Å². The van der Waals surface area contributed by atoms with E-state index in [1.807, 2.05) is 35.7 Å². The molecule has 0 saturated carbocycles. The Balaban J connectivity index is 1.48. The number of carbonyl (C=O) groups excluding carboxylic acids is 1. The number of rotatable bonds is 7. The Hall–Kier alpha value is -3.19. The minimum atomic E-state index is -0.330. The SMILES string of the molecule is COc1ccc(C2=NO[C@H](CN(Cc3ccccc3F)C(=O)c3cccs3)C2)cc1. The number of carbonyl (C=O) groups is 1. The van der Waals surface area contributed by atoms with Crippen LogP contribution in [0.1, 0.15) is 27.2 Å². The number of nitrogens with zero attached hydrogens (tertiary/aromatic N) is 2. The van der Waals surface area contributed by atoms with Gasteiger partial charge in [-0.05, 0) is 47.3 Å². The Morgan fingerprint density at radius 3 is 2.70 bits per heavy atom. The number of thiophene rings is 1. The minimum Gasteiger partial charge on any atom is -0.497 e. The highest BCUT2D eigenvalue weighted by molar-refractivity contribution is 7.12. The molecule has 7 heteroatoms. The molecule has 1 atom stereocenters. The highest BCUT2D eigenvalue weighted by Crippen LogP contribution is 2.22. The number of hydrogen-bond acceptors (Lipinski definition) is 5. The molecule has 0 aliphatic carbocycles. The third-order valence-corrected chi connectivity index (χ3v) is 5.78. The molecule has 0 spiro atoms. The van der Waals surface area contributed by atoms with Crippen molar-refractivity contribution in [3.05, 3.63) is 87.9 Å². The fraction of sp³-hybridized carbons (Fsp3) is 0.217. The lowest BCUT2D eigenvalue weighted by Crippen LogP contribution is -2.37. The van der Waals surface area contributed by atoms with Gasteiger partial charge in [0.25, 0.3) is 5.91 Å². The Labute approximate surface area is 178 Å². The van der Waals surface area contributed by atoms with E-state index in [2.05, 4.69) is 5.16 Å². The molecule has 30 heavy (non-hydrogen) atoms. The second-order valence-corrected chi connectivity index (χ2v) is 7.90. The van der Waals surface area contributed by atoms with Crippen molar-refractivity contribution in [2.24, 2.45) is 5.16 Å². The molecule has 2 heterocycles. The van der Waals surface area contributed by atoms with Gasteiger partial charge in [-0.3, -0.25) is 4.79 Å². The van der Waals surface area contributed by atoms with Crippen molar-refractivity contribution in [1.82, 2.24) is 4.90 Å². The zero-order valence-corrected chi connectivity index (χ0v) is 17.3. The molecule has 0 saturated heterocycles. The standard InChI is InChI=1S/C23H21FN2O3S/c1-28-18-10-8-16(9-11-18)21-13-19(29-25-21)15-26(23(27)22-7-4-12-30-22)14-17-5-2-3-6-20(17)24/h2-12,19H,13-15H2,1H3/t19-/m0/s1. The highest BCUT2D eigenvalue weighted by Gasteiger charge is 2.28. The van der Waals surface area contributed by atoms with Gasteiger partial charge in [0.2, 0.25) is 0 Å². The topological polar surface area (TPSA) is 51.1 Å². The molecule has 4 rings (SSSR count). The van der Waals surface area contributed by atoms with E-state index in [-0.39, 0.29) is 24.4 Å². The van der Waals surface area contributed by atoms with Crippen molar-refractivity contribution in [2.75, 3.05) is 13.7 Å². The van der Waals surface area contributed by atoms with Crippen molar-refractivity contribution in [1.29, 1.82) is 0 Å². The molecule has 154 valence electrons. The van der Waals surface area contributed by atoms with E-state index in [1.54, 1.807) is 36.3 Å². The van der Waals surface area contributed by atoms with E-state index in [9.17, 15) is 9.18 Å². The molecular formula is C23H21FN2O3S. The number of halogens is 1. The summed E-state index contributed by atoms with van der Waals surface area (Å²) in [6.45, 7) is 0.482. The van der Waals surface area contributed by atoms with Crippen molar-refractivity contribution < 1.29 is 18.8 Å². The first-order chi connectivity index (χ1) is 14.6. The number of methoxy groups -OCH3 is 1. The summed E-state index contributed by atoms with van der Waals surface area (Å²) in [5, 5.41) is 6.06. The van der Waals surface area contributed by atoms with Crippen LogP contribution < -0.4 is 4.74 Å². The van der Waals surface area contributed by atoms with Gasteiger partial charge in [-0.25, -0.2) is 4.39 Å². The quantitative estimate of drug-likeness (QED) is 0.551. The summed E-state index contributed by atoms with van der Waals surface area (Å²) in [6, 6.07) is 17.7. The summed E-state index contributed by atoms with van der Waals surface area (Å²) in [6.07, 6.45) is 0.274. The smallest absolute Gasteiger partial charge is 0.264 e. The molecule has 1 aliphatic heterocycles. The van der Waals surface area contributed by atoms with Crippen LogP contribution in [0, 0.1) is 5.82 Å². The van der Waals surface area contributed by atoms with Gasteiger partial charge in [0.1, 0.15) is 11.6 Å². The third-order valence-electron chi connectivity index (χ3n) is 4.92. The Morgan fingerprint density at radius 1 is 1.20 bits per heavy atom. The van der Waals surface area contributed by atoms with E-state index < -0.39 is 0 Å². The zero-order valence-electron chi connectivity index (χ0n) is 16.5. The van der Waals surface area contributed by atoms with Crippen LogP contribution in [-0.2, 0) is 11.4 Å². The second kappa shape index (κ2) is 9.09. The Kier molecular flexibility index (Phi) is 6.09. The van der Waals surface area contributed by atoms with Gasteiger partial charge in [0.05, 0.1) is 24.2 Å². The summed E-state index contributed by atoms with van der Waals surface area (Å²) in [5.41, 5.74) is 2.23. The first-order valence-electron chi connectivity index (χ1n) is 9.57. The second-order valence-electron chi connectivity index (χ2n) is 6.95. The molecule has 1 aromatic heterocycles. The average Bonchev–Trinajstić information content (AvgIpc) is 3.47. The molecular weight excluding hydrogens is 403 g/mol. The maximum Gasteiger partial charge on any atom is 0.264 e. The molecule has 5 nitrogen and oxygen atoms in total. The van der Waals surface area contributed by atoms with Gasteiger partial charge in [0.15, 0.2) is 6.10 Å². The van der Waals surface area contributed by atoms with Gasteiger partial charge < -0.3 is 14.5 Å². The van der Waals surface area contributed by atoms with Gasteiger partial charge in [0, 0.05) is 18.5 Å². The number of ether oxygens (including phenoxy) is 1. The summed E-state index contributed by atoms with van der Waals surface area (Å²) in [7, 11) is 1.62. The first kappa shape index (κ1) is 20.1. The number of oxime groups is 1. The van der Waals surface area contributed by atoms with E-state index in [4.69, 9.17) is 9.57 Å². The molecule has 1 aliphatic rings. The van der Waals surface area contributed by atoms with E-state index >= 15 is 0 Å². The lowest BCUT2D eigenvalue weighted by atomic mass is 10.0. The zero-order chi connectivity index (χ0) is 20.9. The maximum atomic E-state index is 14.2. The minimum absolute atomic E-state index is 0.144. The molecule has 0 unspecified atom stereocenters. The first-order valence-corrected chi connectivity index (χ1v) is 10.5. The fourth-order valence-corrected chi connectivity index (χ4v) is 4.02. The van der Waals surface area contributed by atoms with Gasteiger partial charge >= 0.3 is 0 Å². The van der Waals surface area contributed by atoms with E-state index in [0.717, 1.165) is 17.0 Å². The lowest BCUT2D eigenvalue weighted by Gasteiger charge is -2.24. The molecule has 0 N–H and O–H groups in total. The van der Waals surface area contributed by atoms with E-state index in [1.165, 1.54) is 17.4 Å². The Morgan fingerprint density at radius 2 is 2.00 bits per heavy atom. The van der Waals surface area contributed by atoms with Crippen LogP contribution in [0.4, 0.5) is 4.39 Å². The number of amides is 1. The summed E-state index contributed by atoms with van der Waals surface area (Å²) in [5.74, 6) is 0.297. The molecule has 0 radical (unpaired) electrons. The predicted molar refractivity (Wildman–Crippen MR) is 114 cm³/mol. The highest BCUT2D eigenvalue weighted by atomic mass is 32.1. The van der Waals surface area contributed by atoms with Crippen molar-refractivity contribution in [3.8, 4) is 5.75 Å². The molecule has 3 aromatic rings. The monoisotopic (exact) mass is 424 g/mol. The van der Waals surface area contributed by atoms with Crippen LogP contribution in [0.2, 0.25) is 0 Å². The lowest BCUT2D eigenvalue weighted by molar-refractivity contribution is 0.0406. The van der Waals surface area contributed by atoms with Gasteiger partial charge in [-0.1, -0.05) is 29.4 Å². The summed E-state index contributed by atoms with van der Waals surface area (Å²) < 4.78 is 19.4. The van der Waals surface area contributed by atoms with Crippen molar-refractivity contribution >= 4 is 23.0 Å². The van der Waals surface area contributed by atoms with Crippen LogP contribution >= 0.6 is 11.3 Å². The summed E-state index contributed by atoms with van der Waals surface area (Å²) >= 11 is 1.37. The predicted octanol–water partition coefficient (Wildman–Crippen LogP) is 4.73. The maximum absolute atomic E-state index is 14.2. The molecule has 2 aromatic carbocycles. The molecule has 0 fully saturated rings.